The molecular formula is C16H16O3S2. The van der Waals surface area contributed by atoms with Gasteiger partial charge in [-0.3, -0.25) is 0 Å². The summed E-state index contributed by atoms with van der Waals surface area (Å²) in [4.78, 5) is 0. The van der Waals surface area contributed by atoms with E-state index in [1.807, 2.05) is 31.6 Å². The fourth-order valence-corrected chi connectivity index (χ4v) is 4.46. The van der Waals surface area contributed by atoms with Crippen LogP contribution in [0.25, 0.3) is 11.1 Å². The summed E-state index contributed by atoms with van der Waals surface area (Å²) in [6.45, 7) is 2.02. The molecule has 0 amide bonds. The molecule has 1 heterocycles. The third-order valence-electron chi connectivity index (χ3n) is 3.62. The van der Waals surface area contributed by atoms with Crippen LogP contribution in [0.4, 0.5) is 0 Å². The van der Waals surface area contributed by atoms with Crippen molar-refractivity contribution in [3.8, 4) is 28.4 Å². The smallest absolute Gasteiger partial charge is 0.227 e. The van der Waals surface area contributed by atoms with Crippen LogP contribution in [0.15, 0.2) is 30.3 Å². The number of hydrogen-bond donors (Lipinski definition) is 2. The number of rotatable bonds is 2. The number of ether oxygens (including phenoxy) is 1. The lowest BCUT2D eigenvalue weighted by atomic mass is 9.94. The van der Waals surface area contributed by atoms with Crippen molar-refractivity contribution >= 4 is 23.5 Å². The molecule has 0 saturated heterocycles. The number of fused-ring (bicyclic) bond motifs is 3. The van der Waals surface area contributed by atoms with Gasteiger partial charge in [0.25, 0.3) is 0 Å². The van der Waals surface area contributed by atoms with E-state index in [4.69, 9.17) is 4.74 Å². The van der Waals surface area contributed by atoms with Crippen molar-refractivity contribution in [1.29, 1.82) is 0 Å². The van der Waals surface area contributed by atoms with E-state index in [0.717, 1.165) is 16.7 Å². The maximum absolute atomic E-state index is 10.2. The highest BCUT2D eigenvalue weighted by Gasteiger charge is 2.41. The molecule has 0 spiro atoms. The van der Waals surface area contributed by atoms with Crippen molar-refractivity contribution in [3.05, 3.63) is 41.5 Å². The minimum absolute atomic E-state index is 0.00143. The molecular weight excluding hydrogens is 304 g/mol. The first-order valence-electron chi connectivity index (χ1n) is 6.47. The normalized spacial score (nSPS) is 15.0. The van der Waals surface area contributed by atoms with E-state index in [-0.39, 0.29) is 11.5 Å². The molecule has 3 nitrogen and oxygen atoms in total. The third-order valence-corrected chi connectivity index (χ3v) is 6.30. The zero-order chi connectivity index (χ0) is 15.2. The number of phenolic OH excluding ortho intramolecular Hbond substituents is 2. The molecule has 1 aliphatic heterocycles. The van der Waals surface area contributed by atoms with Gasteiger partial charge in [0.15, 0.2) is 0 Å². The number of benzene rings is 2. The van der Waals surface area contributed by atoms with Crippen molar-refractivity contribution in [1.82, 2.24) is 0 Å². The van der Waals surface area contributed by atoms with Gasteiger partial charge < -0.3 is 14.9 Å². The minimum Gasteiger partial charge on any atom is -0.508 e. The predicted octanol–water partition coefficient (Wildman–Crippen LogP) is 4.30. The SMILES string of the molecule is CSC1(SC)Oc2cc(O)cc(O)c2-c2cc(C)ccc21. The van der Waals surface area contributed by atoms with E-state index < -0.39 is 4.27 Å². The Morgan fingerprint density at radius 3 is 2.43 bits per heavy atom. The summed E-state index contributed by atoms with van der Waals surface area (Å²) in [7, 11) is 0. The van der Waals surface area contributed by atoms with Gasteiger partial charge >= 0.3 is 0 Å². The van der Waals surface area contributed by atoms with Crippen molar-refractivity contribution in [2.24, 2.45) is 0 Å². The summed E-state index contributed by atoms with van der Waals surface area (Å²) in [5.41, 5.74) is 3.74. The fraction of sp³-hybridized carbons (Fsp3) is 0.250. The molecule has 3 rings (SSSR count). The maximum Gasteiger partial charge on any atom is 0.227 e. The Morgan fingerprint density at radius 1 is 1.05 bits per heavy atom. The molecule has 5 heteroatoms. The van der Waals surface area contributed by atoms with Crippen molar-refractivity contribution in [2.75, 3.05) is 12.5 Å². The molecule has 0 saturated carbocycles. The number of thioether (sulfide) groups is 2. The van der Waals surface area contributed by atoms with Crippen molar-refractivity contribution in [3.63, 3.8) is 0 Å². The molecule has 0 aliphatic carbocycles. The number of hydrogen-bond acceptors (Lipinski definition) is 5. The molecule has 0 unspecified atom stereocenters. The largest absolute Gasteiger partial charge is 0.508 e. The first-order chi connectivity index (χ1) is 10.0. The number of phenols is 2. The first kappa shape index (κ1) is 14.5. The van der Waals surface area contributed by atoms with Gasteiger partial charge in [0.05, 0.1) is 5.56 Å². The predicted molar refractivity (Wildman–Crippen MR) is 89.3 cm³/mol. The van der Waals surface area contributed by atoms with Crippen LogP contribution in [0.2, 0.25) is 0 Å². The molecule has 2 aromatic carbocycles. The van der Waals surface area contributed by atoms with Gasteiger partial charge in [-0.1, -0.05) is 23.8 Å². The molecule has 110 valence electrons. The molecule has 0 bridgehead atoms. The molecule has 2 aromatic rings. The van der Waals surface area contributed by atoms with Crippen LogP contribution >= 0.6 is 23.5 Å². The standard InChI is InChI=1S/C16H16O3S2/c1-9-4-5-12-11(6-9)15-13(18)7-10(17)8-14(15)19-16(12,20-2)21-3/h4-8,17-18H,1-3H3. The molecule has 0 atom stereocenters. The Morgan fingerprint density at radius 2 is 1.76 bits per heavy atom. The fourth-order valence-electron chi connectivity index (χ4n) is 2.66. The van der Waals surface area contributed by atoms with Gasteiger partial charge in [0, 0.05) is 17.7 Å². The van der Waals surface area contributed by atoms with Crippen LogP contribution in [0, 0.1) is 6.92 Å². The van der Waals surface area contributed by atoms with E-state index in [9.17, 15) is 10.2 Å². The Hall–Kier alpha value is -1.46. The van der Waals surface area contributed by atoms with Crippen LogP contribution in [0.3, 0.4) is 0 Å². The van der Waals surface area contributed by atoms with E-state index in [0.29, 0.717) is 11.3 Å². The van der Waals surface area contributed by atoms with Gasteiger partial charge in [0.2, 0.25) is 4.27 Å². The molecule has 2 N–H and O–H groups in total. The average Bonchev–Trinajstić information content (AvgIpc) is 2.45. The zero-order valence-corrected chi connectivity index (χ0v) is 13.6. The zero-order valence-electron chi connectivity index (χ0n) is 12.0. The van der Waals surface area contributed by atoms with Crippen LogP contribution in [0.1, 0.15) is 11.1 Å². The summed E-state index contributed by atoms with van der Waals surface area (Å²) < 4.78 is 5.58. The topological polar surface area (TPSA) is 49.7 Å². The minimum atomic E-state index is -0.573. The molecule has 0 radical (unpaired) electrons. The van der Waals surface area contributed by atoms with E-state index >= 15 is 0 Å². The van der Waals surface area contributed by atoms with Crippen molar-refractivity contribution in [2.45, 2.75) is 11.2 Å². The van der Waals surface area contributed by atoms with Crippen LogP contribution in [-0.4, -0.2) is 22.7 Å². The summed E-state index contributed by atoms with van der Waals surface area (Å²) in [5.74, 6) is 0.542. The second kappa shape index (κ2) is 5.07. The number of aryl methyl sites for hydroxylation is 1. The second-order valence-electron chi connectivity index (χ2n) is 4.95. The highest BCUT2D eigenvalue weighted by Crippen LogP contribution is 2.57. The monoisotopic (exact) mass is 320 g/mol. The first-order valence-corrected chi connectivity index (χ1v) is 8.92. The third kappa shape index (κ3) is 2.15. The number of aromatic hydroxyl groups is 2. The lowest BCUT2D eigenvalue weighted by Crippen LogP contribution is -2.29. The average molecular weight is 320 g/mol. The van der Waals surface area contributed by atoms with E-state index in [2.05, 4.69) is 6.07 Å². The van der Waals surface area contributed by atoms with Gasteiger partial charge in [0.1, 0.15) is 17.2 Å². The van der Waals surface area contributed by atoms with Gasteiger partial charge in [-0.25, -0.2) is 0 Å². The summed E-state index contributed by atoms with van der Waals surface area (Å²) >= 11 is 3.19. The molecule has 0 aromatic heterocycles. The van der Waals surface area contributed by atoms with Crippen molar-refractivity contribution < 1.29 is 14.9 Å². The highest BCUT2D eigenvalue weighted by atomic mass is 32.2. The summed E-state index contributed by atoms with van der Waals surface area (Å²) in [6.07, 6.45) is 3.99. The molecule has 1 aliphatic rings. The van der Waals surface area contributed by atoms with Gasteiger partial charge in [-0.15, -0.1) is 23.5 Å². The Labute approximate surface area is 132 Å². The second-order valence-corrected chi connectivity index (χ2v) is 7.18. The lowest BCUT2D eigenvalue weighted by Gasteiger charge is -2.38. The summed E-state index contributed by atoms with van der Waals surface area (Å²) in [5, 5.41) is 20.0. The van der Waals surface area contributed by atoms with Crippen LogP contribution in [-0.2, 0) is 4.27 Å². The van der Waals surface area contributed by atoms with E-state index in [1.165, 1.54) is 6.07 Å². The van der Waals surface area contributed by atoms with Gasteiger partial charge in [-0.05, 0) is 25.0 Å². The quantitative estimate of drug-likeness (QED) is 0.808. The Kier molecular flexibility index (Phi) is 3.50. The summed E-state index contributed by atoms with van der Waals surface area (Å²) in [6, 6.07) is 9.05. The highest BCUT2D eigenvalue weighted by molar-refractivity contribution is 8.16. The van der Waals surface area contributed by atoms with Crippen LogP contribution < -0.4 is 4.74 Å². The van der Waals surface area contributed by atoms with Gasteiger partial charge in [-0.2, -0.15) is 0 Å². The lowest BCUT2D eigenvalue weighted by molar-refractivity contribution is 0.256. The van der Waals surface area contributed by atoms with Crippen LogP contribution in [0.5, 0.6) is 17.2 Å². The Balaban J connectivity index is 2.36. The Bertz CT molecular complexity index is 709. The molecule has 21 heavy (non-hydrogen) atoms. The maximum atomic E-state index is 10.2. The van der Waals surface area contributed by atoms with E-state index in [1.54, 1.807) is 29.6 Å². The molecule has 0 fully saturated rings.